The number of benzene rings is 1. The van der Waals surface area contributed by atoms with Gasteiger partial charge in [-0.25, -0.2) is 8.78 Å². The topological polar surface area (TPSA) is 26.7 Å². The summed E-state index contributed by atoms with van der Waals surface area (Å²) in [5, 5.41) is 10.1. The molecule has 0 aromatic heterocycles. The Morgan fingerprint density at radius 2 is 2.20 bits per heavy atom. The van der Waals surface area contributed by atoms with E-state index in [1.54, 1.807) is 0 Å². The minimum absolute atomic E-state index is 0.0281. The summed E-state index contributed by atoms with van der Waals surface area (Å²) in [5.74, 6) is -1.29. The minimum Gasteiger partial charge on any atom is -0.387 e. The van der Waals surface area contributed by atoms with E-state index in [9.17, 15) is 13.9 Å². The molecule has 1 aliphatic rings. The van der Waals surface area contributed by atoms with E-state index in [1.165, 1.54) is 12.1 Å². The quantitative estimate of drug-likeness (QED) is 0.894. The summed E-state index contributed by atoms with van der Waals surface area (Å²) in [7, 11) is 4.00. The van der Waals surface area contributed by atoms with Gasteiger partial charge in [-0.05, 0) is 39.0 Å². The molecule has 0 bridgehead atoms. The number of halogens is 2. The van der Waals surface area contributed by atoms with Crippen molar-refractivity contribution in [1.82, 2.24) is 9.80 Å². The van der Waals surface area contributed by atoms with Gasteiger partial charge in [0.2, 0.25) is 0 Å². The Morgan fingerprint density at radius 1 is 1.45 bits per heavy atom. The Morgan fingerprint density at radius 3 is 2.85 bits per heavy atom. The molecule has 0 spiro atoms. The third-order valence-electron chi connectivity index (χ3n) is 3.88. The second-order valence-corrected chi connectivity index (χ2v) is 5.80. The summed E-state index contributed by atoms with van der Waals surface area (Å²) in [6.45, 7) is 3.31. The highest BCUT2D eigenvalue weighted by molar-refractivity contribution is 5.21. The Bertz CT molecular complexity index is 455. The smallest absolute Gasteiger partial charge is 0.164 e. The number of likely N-dealkylation sites (tertiary alicyclic amines) is 1. The highest BCUT2D eigenvalue weighted by Crippen LogP contribution is 2.21. The van der Waals surface area contributed by atoms with Crippen LogP contribution in [0.2, 0.25) is 0 Å². The van der Waals surface area contributed by atoms with E-state index in [-0.39, 0.29) is 5.56 Å². The molecule has 2 rings (SSSR count). The van der Waals surface area contributed by atoms with Crippen LogP contribution in [-0.2, 0) is 0 Å². The maximum Gasteiger partial charge on any atom is 0.164 e. The molecule has 1 aromatic carbocycles. The first kappa shape index (κ1) is 15.4. The second kappa shape index (κ2) is 6.61. The van der Waals surface area contributed by atoms with Crippen LogP contribution in [0.25, 0.3) is 0 Å². The normalized spacial score (nSPS) is 21.6. The monoisotopic (exact) mass is 284 g/mol. The summed E-state index contributed by atoms with van der Waals surface area (Å²) in [4.78, 5) is 4.26. The van der Waals surface area contributed by atoms with E-state index in [0.29, 0.717) is 12.5 Å². The molecule has 1 aliphatic heterocycles. The lowest BCUT2D eigenvalue weighted by molar-refractivity contribution is 0.115. The molecular weight excluding hydrogens is 262 g/mol. The molecule has 1 heterocycles. The molecule has 1 aromatic rings. The maximum atomic E-state index is 13.6. The van der Waals surface area contributed by atoms with Gasteiger partial charge in [0.05, 0.1) is 6.10 Å². The van der Waals surface area contributed by atoms with Crippen molar-refractivity contribution in [1.29, 1.82) is 0 Å². The lowest BCUT2D eigenvalue weighted by atomic mass is 10.1. The fourth-order valence-corrected chi connectivity index (χ4v) is 2.86. The summed E-state index contributed by atoms with van der Waals surface area (Å²) >= 11 is 0. The lowest BCUT2D eigenvalue weighted by Crippen LogP contribution is -2.31. The fraction of sp³-hybridized carbons (Fsp3) is 0.600. The average Bonchev–Trinajstić information content (AvgIpc) is 2.77. The van der Waals surface area contributed by atoms with Gasteiger partial charge in [0.25, 0.3) is 0 Å². The van der Waals surface area contributed by atoms with Gasteiger partial charge in [0.1, 0.15) is 0 Å². The Kier molecular flexibility index (Phi) is 5.07. The third kappa shape index (κ3) is 3.75. The van der Waals surface area contributed by atoms with Crippen molar-refractivity contribution in [3.63, 3.8) is 0 Å². The zero-order valence-electron chi connectivity index (χ0n) is 12.0. The van der Waals surface area contributed by atoms with E-state index in [2.05, 4.69) is 11.9 Å². The molecule has 1 fully saturated rings. The summed E-state index contributed by atoms with van der Waals surface area (Å²) in [5.41, 5.74) is 0.0281. The standard InChI is InChI=1S/C15H22F2N2O/c1-18-7-6-11(8-18)9-19(2)10-14(20)12-4-3-5-13(16)15(12)17/h3-5,11,14,20H,6-10H2,1-2H3. The Hall–Kier alpha value is -1.04. The van der Waals surface area contributed by atoms with Crippen LogP contribution >= 0.6 is 0 Å². The van der Waals surface area contributed by atoms with E-state index >= 15 is 0 Å². The highest BCUT2D eigenvalue weighted by atomic mass is 19.2. The first-order valence-corrected chi connectivity index (χ1v) is 6.96. The van der Waals surface area contributed by atoms with E-state index in [0.717, 1.165) is 32.1 Å². The molecule has 3 nitrogen and oxygen atoms in total. The van der Waals surface area contributed by atoms with Crippen molar-refractivity contribution in [2.24, 2.45) is 5.92 Å². The summed E-state index contributed by atoms with van der Waals surface area (Å²) in [6, 6.07) is 3.91. The highest BCUT2D eigenvalue weighted by Gasteiger charge is 2.23. The van der Waals surface area contributed by atoms with Gasteiger partial charge in [-0.15, -0.1) is 0 Å². The minimum atomic E-state index is -1.00. The lowest BCUT2D eigenvalue weighted by Gasteiger charge is -2.24. The number of aliphatic hydroxyl groups excluding tert-OH is 1. The molecule has 0 saturated carbocycles. The molecule has 20 heavy (non-hydrogen) atoms. The molecule has 2 atom stereocenters. The van der Waals surface area contributed by atoms with Crippen molar-refractivity contribution in [3.05, 3.63) is 35.4 Å². The van der Waals surface area contributed by atoms with Crippen molar-refractivity contribution in [2.75, 3.05) is 40.3 Å². The predicted molar refractivity (Wildman–Crippen MR) is 74.4 cm³/mol. The van der Waals surface area contributed by atoms with E-state index < -0.39 is 17.7 Å². The van der Waals surface area contributed by atoms with Crippen LogP contribution in [0, 0.1) is 17.6 Å². The van der Waals surface area contributed by atoms with Gasteiger partial charge in [0.15, 0.2) is 11.6 Å². The predicted octanol–water partition coefficient (Wildman–Crippen LogP) is 1.88. The summed E-state index contributed by atoms with van der Waals surface area (Å²) in [6.07, 6.45) is 0.139. The number of likely N-dealkylation sites (N-methyl/N-ethyl adjacent to an activating group) is 1. The van der Waals surface area contributed by atoms with Gasteiger partial charge in [-0.2, -0.15) is 0 Å². The van der Waals surface area contributed by atoms with Crippen LogP contribution in [-0.4, -0.2) is 55.2 Å². The fourth-order valence-electron chi connectivity index (χ4n) is 2.86. The number of nitrogens with zero attached hydrogens (tertiary/aromatic N) is 2. The van der Waals surface area contributed by atoms with Gasteiger partial charge in [-0.1, -0.05) is 12.1 Å². The van der Waals surface area contributed by atoms with Crippen LogP contribution in [0.3, 0.4) is 0 Å². The molecule has 2 unspecified atom stereocenters. The Balaban J connectivity index is 1.90. The largest absolute Gasteiger partial charge is 0.387 e. The Labute approximate surface area is 118 Å². The molecule has 0 amide bonds. The molecule has 0 radical (unpaired) electrons. The van der Waals surface area contributed by atoms with Crippen molar-refractivity contribution in [2.45, 2.75) is 12.5 Å². The van der Waals surface area contributed by atoms with Crippen molar-refractivity contribution >= 4 is 0 Å². The number of rotatable bonds is 5. The van der Waals surface area contributed by atoms with E-state index in [1.807, 2.05) is 11.9 Å². The molecule has 5 heteroatoms. The maximum absolute atomic E-state index is 13.6. The van der Waals surface area contributed by atoms with Gasteiger partial charge in [-0.3, -0.25) is 0 Å². The zero-order valence-corrected chi connectivity index (χ0v) is 12.0. The first-order chi connectivity index (χ1) is 9.47. The molecule has 112 valence electrons. The second-order valence-electron chi connectivity index (χ2n) is 5.80. The molecular formula is C15H22F2N2O. The number of hydrogen-bond acceptors (Lipinski definition) is 3. The van der Waals surface area contributed by atoms with Crippen LogP contribution in [0.5, 0.6) is 0 Å². The molecule has 1 N–H and O–H groups in total. The van der Waals surface area contributed by atoms with Crippen molar-refractivity contribution in [3.8, 4) is 0 Å². The summed E-state index contributed by atoms with van der Waals surface area (Å²) < 4.78 is 26.7. The van der Waals surface area contributed by atoms with Crippen LogP contribution in [0.1, 0.15) is 18.1 Å². The number of hydrogen-bond donors (Lipinski definition) is 1. The van der Waals surface area contributed by atoms with Gasteiger partial charge >= 0.3 is 0 Å². The zero-order chi connectivity index (χ0) is 14.7. The molecule has 0 aliphatic carbocycles. The number of aliphatic hydroxyl groups is 1. The molecule has 1 saturated heterocycles. The van der Waals surface area contributed by atoms with Gasteiger partial charge < -0.3 is 14.9 Å². The van der Waals surface area contributed by atoms with E-state index in [4.69, 9.17) is 0 Å². The average molecular weight is 284 g/mol. The van der Waals surface area contributed by atoms with Crippen LogP contribution in [0.4, 0.5) is 8.78 Å². The first-order valence-electron chi connectivity index (χ1n) is 6.96. The van der Waals surface area contributed by atoms with Crippen LogP contribution in [0.15, 0.2) is 18.2 Å². The third-order valence-corrected chi connectivity index (χ3v) is 3.88. The van der Waals surface area contributed by atoms with Crippen LogP contribution < -0.4 is 0 Å². The SMILES string of the molecule is CN1CCC(CN(C)CC(O)c2cccc(F)c2F)C1. The van der Waals surface area contributed by atoms with Gasteiger partial charge in [0, 0.05) is 25.2 Å². The van der Waals surface area contributed by atoms with Crippen molar-refractivity contribution < 1.29 is 13.9 Å².